The van der Waals surface area contributed by atoms with Crippen LogP contribution in [0.3, 0.4) is 0 Å². The SMILES string of the molecule is CC(C)n1nc(C(=O)N=Nc2c(O)n(C(C)C)c3ccccc23)c2ccccc2c1=O. The molecule has 158 valence electrons. The van der Waals surface area contributed by atoms with Gasteiger partial charge in [0.25, 0.3) is 5.56 Å². The highest BCUT2D eigenvalue weighted by Crippen LogP contribution is 2.40. The largest absolute Gasteiger partial charge is 0.493 e. The molecule has 0 spiro atoms. The van der Waals surface area contributed by atoms with Gasteiger partial charge in [-0.25, -0.2) is 4.68 Å². The number of carbonyl (C=O) groups is 1. The number of carbonyl (C=O) groups excluding carboxylic acids is 1. The number of hydrogen-bond acceptors (Lipinski definition) is 5. The number of benzene rings is 2. The van der Waals surface area contributed by atoms with Gasteiger partial charge in [-0.15, -0.1) is 10.2 Å². The molecule has 1 N–H and O–H groups in total. The van der Waals surface area contributed by atoms with Crippen LogP contribution in [-0.2, 0) is 0 Å². The Morgan fingerprint density at radius 3 is 2.19 bits per heavy atom. The Morgan fingerprint density at radius 1 is 0.935 bits per heavy atom. The van der Waals surface area contributed by atoms with E-state index in [0.717, 1.165) is 5.52 Å². The molecule has 0 unspecified atom stereocenters. The van der Waals surface area contributed by atoms with Crippen LogP contribution in [0.1, 0.15) is 50.3 Å². The van der Waals surface area contributed by atoms with Gasteiger partial charge in [-0.3, -0.25) is 9.59 Å². The zero-order chi connectivity index (χ0) is 22.3. The summed E-state index contributed by atoms with van der Waals surface area (Å²) in [5, 5.41) is 24.5. The van der Waals surface area contributed by atoms with E-state index in [1.807, 2.05) is 52.0 Å². The van der Waals surface area contributed by atoms with E-state index in [1.54, 1.807) is 28.8 Å². The molecule has 0 saturated carbocycles. The third-order valence-corrected chi connectivity index (χ3v) is 5.14. The summed E-state index contributed by atoms with van der Waals surface area (Å²) in [6, 6.07) is 14.0. The highest BCUT2D eigenvalue weighted by Gasteiger charge is 2.20. The van der Waals surface area contributed by atoms with E-state index in [2.05, 4.69) is 15.3 Å². The van der Waals surface area contributed by atoms with Crippen LogP contribution in [-0.4, -0.2) is 25.4 Å². The van der Waals surface area contributed by atoms with Crippen LogP contribution in [0.4, 0.5) is 5.69 Å². The quantitative estimate of drug-likeness (QED) is 0.464. The Morgan fingerprint density at radius 2 is 1.55 bits per heavy atom. The molecule has 2 aromatic carbocycles. The lowest BCUT2D eigenvalue weighted by molar-refractivity contribution is 0.0989. The van der Waals surface area contributed by atoms with Crippen LogP contribution >= 0.6 is 0 Å². The zero-order valence-electron chi connectivity index (χ0n) is 17.8. The van der Waals surface area contributed by atoms with Gasteiger partial charge < -0.3 is 9.67 Å². The number of aromatic nitrogens is 3. The van der Waals surface area contributed by atoms with Gasteiger partial charge in [0.05, 0.1) is 16.9 Å². The molecule has 4 aromatic rings. The summed E-state index contributed by atoms with van der Waals surface area (Å²) < 4.78 is 3.01. The molecule has 4 rings (SSSR count). The highest BCUT2D eigenvalue weighted by atomic mass is 16.3. The number of para-hydroxylation sites is 1. The van der Waals surface area contributed by atoms with Crippen molar-refractivity contribution in [2.75, 3.05) is 0 Å². The molecule has 0 fully saturated rings. The molecule has 2 aromatic heterocycles. The van der Waals surface area contributed by atoms with Crippen LogP contribution in [0.2, 0.25) is 0 Å². The minimum absolute atomic E-state index is 0.00948. The van der Waals surface area contributed by atoms with Gasteiger partial charge in [-0.2, -0.15) is 5.10 Å². The van der Waals surface area contributed by atoms with E-state index in [4.69, 9.17) is 0 Å². The van der Waals surface area contributed by atoms with E-state index in [-0.39, 0.29) is 34.9 Å². The second-order valence-corrected chi connectivity index (χ2v) is 7.90. The molecule has 2 heterocycles. The van der Waals surface area contributed by atoms with Crippen molar-refractivity contribution in [3.63, 3.8) is 0 Å². The van der Waals surface area contributed by atoms with E-state index in [1.165, 1.54) is 4.68 Å². The lowest BCUT2D eigenvalue weighted by Gasteiger charge is -2.11. The number of azo groups is 1. The van der Waals surface area contributed by atoms with Crippen molar-refractivity contribution in [2.24, 2.45) is 10.2 Å². The maximum absolute atomic E-state index is 13.0. The van der Waals surface area contributed by atoms with Crippen molar-refractivity contribution < 1.29 is 9.90 Å². The fraction of sp³-hybridized carbons (Fsp3) is 0.261. The van der Waals surface area contributed by atoms with Gasteiger partial charge in [0.1, 0.15) is 0 Å². The smallest absolute Gasteiger partial charge is 0.316 e. The van der Waals surface area contributed by atoms with E-state index >= 15 is 0 Å². The second-order valence-electron chi connectivity index (χ2n) is 7.90. The predicted molar refractivity (Wildman–Crippen MR) is 119 cm³/mol. The molecule has 1 amide bonds. The molecule has 8 heteroatoms. The van der Waals surface area contributed by atoms with Crippen molar-refractivity contribution in [3.8, 4) is 5.88 Å². The normalized spacial score (nSPS) is 12.1. The summed E-state index contributed by atoms with van der Waals surface area (Å²) >= 11 is 0. The minimum atomic E-state index is -0.689. The predicted octanol–water partition coefficient (Wildman–Crippen LogP) is 5.14. The van der Waals surface area contributed by atoms with E-state index < -0.39 is 5.91 Å². The topological polar surface area (TPSA) is 102 Å². The van der Waals surface area contributed by atoms with Crippen LogP contribution in [0.25, 0.3) is 21.7 Å². The fourth-order valence-electron chi connectivity index (χ4n) is 3.71. The molecule has 0 bridgehead atoms. The van der Waals surface area contributed by atoms with E-state index in [0.29, 0.717) is 16.2 Å². The molecule has 0 aliphatic heterocycles. The summed E-state index contributed by atoms with van der Waals surface area (Å²) in [7, 11) is 0. The first-order chi connectivity index (χ1) is 14.8. The van der Waals surface area contributed by atoms with Crippen molar-refractivity contribution in [2.45, 2.75) is 39.8 Å². The Labute approximate surface area is 178 Å². The molecular formula is C23H23N5O3. The van der Waals surface area contributed by atoms with Crippen LogP contribution in [0, 0.1) is 0 Å². The summed E-state index contributed by atoms with van der Waals surface area (Å²) in [5.74, 6) is -0.746. The van der Waals surface area contributed by atoms with Crippen molar-refractivity contribution in [1.29, 1.82) is 0 Å². The molecule has 0 aliphatic carbocycles. The third kappa shape index (κ3) is 3.39. The first-order valence-corrected chi connectivity index (χ1v) is 10.1. The van der Waals surface area contributed by atoms with Gasteiger partial charge >= 0.3 is 5.91 Å². The number of nitrogens with zero attached hydrogens (tertiary/aromatic N) is 5. The highest BCUT2D eigenvalue weighted by molar-refractivity contribution is 6.05. The lowest BCUT2D eigenvalue weighted by atomic mass is 10.1. The first-order valence-electron chi connectivity index (χ1n) is 10.1. The molecular weight excluding hydrogens is 394 g/mol. The van der Waals surface area contributed by atoms with Crippen molar-refractivity contribution >= 4 is 33.3 Å². The average molecular weight is 417 g/mol. The number of fused-ring (bicyclic) bond motifs is 2. The van der Waals surface area contributed by atoms with Gasteiger partial charge in [-0.1, -0.05) is 36.4 Å². The van der Waals surface area contributed by atoms with Gasteiger partial charge in [-0.05, 0) is 39.8 Å². The third-order valence-electron chi connectivity index (χ3n) is 5.14. The summed E-state index contributed by atoms with van der Waals surface area (Å²) in [4.78, 5) is 25.7. The standard InChI is InChI=1S/C23H23N5O3/c1-13(2)27-18-12-8-7-11-17(18)20(23(27)31)24-25-21(29)19-15-9-5-6-10-16(15)22(30)28(26-19)14(3)4/h5-14,31H,1-4H3. The monoisotopic (exact) mass is 417 g/mol. The van der Waals surface area contributed by atoms with Crippen molar-refractivity contribution in [3.05, 3.63) is 64.6 Å². The van der Waals surface area contributed by atoms with Crippen LogP contribution in [0.15, 0.2) is 63.6 Å². The first kappa shape index (κ1) is 20.5. The Kier molecular flexibility index (Phi) is 5.14. The maximum Gasteiger partial charge on any atom is 0.316 e. The number of aromatic hydroxyl groups is 1. The Balaban J connectivity index is 1.85. The Bertz CT molecular complexity index is 1400. The fourth-order valence-corrected chi connectivity index (χ4v) is 3.71. The summed E-state index contributed by atoms with van der Waals surface area (Å²) in [6.07, 6.45) is 0. The van der Waals surface area contributed by atoms with Crippen LogP contribution < -0.4 is 5.56 Å². The summed E-state index contributed by atoms with van der Waals surface area (Å²) in [5.41, 5.74) is 0.795. The molecule has 31 heavy (non-hydrogen) atoms. The number of rotatable bonds is 4. The number of hydrogen-bond donors (Lipinski definition) is 1. The van der Waals surface area contributed by atoms with Gasteiger partial charge in [0.2, 0.25) is 5.88 Å². The maximum atomic E-state index is 13.0. The average Bonchev–Trinajstić information content (AvgIpc) is 3.03. The number of amides is 1. The minimum Gasteiger partial charge on any atom is -0.493 e. The Hall–Kier alpha value is -3.81. The molecule has 0 atom stereocenters. The van der Waals surface area contributed by atoms with Crippen molar-refractivity contribution in [1.82, 2.24) is 14.3 Å². The molecule has 0 radical (unpaired) electrons. The lowest BCUT2D eigenvalue weighted by Crippen LogP contribution is -2.27. The molecule has 8 nitrogen and oxygen atoms in total. The molecule has 0 saturated heterocycles. The second kappa shape index (κ2) is 7.79. The van der Waals surface area contributed by atoms with Crippen LogP contribution in [0.5, 0.6) is 5.88 Å². The van der Waals surface area contributed by atoms with Gasteiger partial charge in [0.15, 0.2) is 11.4 Å². The summed E-state index contributed by atoms with van der Waals surface area (Å²) in [6.45, 7) is 7.53. The zero-order valence-corrected chi connectivity index (χ0v) is 17.8. The van der Waals surface area contributed by atoms with Gasteiger partial charge in [0, 0.05) is 16.8 Å². The van der Waals surface area contributed by atoms with E-state index in [9.17, 15) is 14.7 Å². The molecule has 0 aliphatic rings.